The maximum absolute atomic E-state index is 12.3. The number of nitrogens with zero attached hydrogens (tertiary/aromatic N) is 2. The molecule has 1 aromatic heterocycles. The zero-order chi connectivity index (χ0) is 15.3. The second kappa shape index (κ2) is 6.76. The molecule has 0 saturated heterocycles. The van der Waals surface area contributed by atoms with Crippen LogP contribution >= 0.6 is 11.8 Å². The van der Waals surface area contributed by atoms with Crippen molar-refractivity contribution in [1.82, 2.24) is 15.3 Å². The van der Waals surface area contributed by atoms with Gasteiger partial charge < -0.3 is 10.3 Å². The fourth-order valence-electron chi connectivity index (χ4n) is 2.39. The number of carbonyl (C=O) groups excluding carboxylic acids is 1. The molecule has 2 rings (SSSR count). The van der Waals surface area contributed by atoms with Gasteiger partial charge in [-0.2, -0.15) is 5.26 Å². The van der Waals surface area contributed by atoms with Crippen LogP contribution in [0.3, 0.4) is 0 Å². The normalized spacial score (nSPS) is 18.5. The summed E-state index contributed by atoms with van der Waals surface area (Å²) in [5.41, 5.74) is -0.984. The van der Waals surface area contributed by atoms with Crippen molar-refractivity contribution in [2.75, 3.05) is 0 Å². The summed E-state index contributed by atoms with van der Waals surface area (Å²) in [4.78, 5) is 30.0. The van der Waals surface area contributed by atoms with E-state index in [1.807, 2.05) is 0 Å². The number of carbonyl (C=O) groups is 1. The molecular weight excluding hydrogens is 288 g/mol. The third-order valence-corrected chi connectivity index (χ3v) is 4.59. The van der Waals surface area contributed by atoms with Gasteiger partial charge in [-0.15, -0.1) is 0 Å². The topological polar surface area (TPSA) is 98.6 Å². The Balaban J connectivity index is 1.99. The minimum absolute atomic E-state index is 0.199. The lowest BCUT2D eigenvalue weighted by Gasteiger charge is -2.32. The average molecular weight is 306 g/mol. The van der Waals surface area contributed by atoms with Gasteiger partial charge in [0.15, 0.2) is 5.16 Å². The minimum atomic E-state index is -0.734. The molecule has 0 bridgehead atoms. The van der Waals surface area contributed by atoms with E-state index in [1.54, 1.807) is 6.92 Å². The molecule has 1 fully saturated rings. The first-order valence-corrected chi connectivity index (χ1v) is 7.88. The van der Waals surface area contributed by atoms with E-state index < -0.39 is 10.8 Å². The highest BCUT2D eigenvalue weighted by Gasteiger charge is 2.34. The lowest BCUT2D eigenvalue weighted by Crippen LogP contribution is -2.50. The molecule has 0 radical (unpaired) electrons. The number of rotatable bonds is 4. The zero-order valence-electron chi connectivity index (χ0n) is 11.9. The molecule has 0 aromatic carbocycles. The predicted molar refractivity (Wildman–Crippen MR) is 79.7 cm³/mol. The van der Waals surface area contributed by atoms with Crippen LogP contribution in [0, 0.1) is 11.3 Å². The lowest BCUT2D eigenvalue weighted by molar-refractivity contribution is -0.121. The quantitative estimate of drug-likeness (QED) is 0.650. The molecule has 1 heterocycles. The molecule has 21 heavy (non-hydrogen) atoms. The predicted octanol–water partition coefficient (Wildman–Crippen LogP) is 1.59. The van der Waals surface area contributed by atoms with Crippen LogP contribution in [-0.4, -0.2) is 26.7 Å². The molecule has 1 atom stereocenters. The molecule has 1 aliphatic carbocycles. The fourth-order valence-corrected chi connectivity index (χ4v) is 3.17. The van der Waals surface area contributed by atoms with Gasteiger partial charge in [0.1, 0.15) is 5.54 Å². The molecule has 1 aromatic rings. The Morgan fingerprint density at radius 2 is 2.24 bits per heavy atom. The Morgan fingerprint density at radius 3 is 2.86 bits per heavy atom. The Labute approximate surface area is 127 Å². The summed E-state index contributed by atoms with van der Waals surface area (Å²) in [5, 5.41) is 12.2. The highest BCUT2D eigenvalue weighted by atomic mass is 32.2. The molecule has 2 N–H and O–H groups in total. The summed E-state index contributed by atoms with van der Waals surface area (Å²) >= 11 is 1.18. The molecule has 0 aliphatic heterocycles. The van der Waals surface area contributed by atoms with Gasteiger partial charge in [-0.05, 0) is 19.8 Å². The van der Waals surface area contributed by atoms with E-state index in [9.17, 15) is 14.9 Å². The summed E-state index contributed by atoms with van der Waals surface area (Å²) in [6.07, 6.45) is 5.84. The van der Waals surface area contributed by atoms with Crippen molar-refractivity contribution in [2.45, 2.75) is 55.0 Å². The van der Waals surface area contributed by atoms with Crippen molar-refractivity contribution in [1.29, 1.82) is 5.26 Å². The number of amides is 1. The molecule has 1 aliphatic rings. The maximum Gasteiger partial charge on any atom is 0.251 e. The van der Waals surface area contributed by atoms with Crippen molar-refractivity contribution in [3.63, 3.8) is 0 Å². The second-order valence-corrected chi connectivity index (χ2v) is 6.57. The van der Waals surface area contributed by atoms with E-state index in [4.69, 9.17) is 0 Å². The molecule has 0 spiro atoms. The van der Waals surface area contributed by atoms with Gasteiger partial charge in [-0.25, -0.2) is 4.98 Å². The summed E-state index contributed by atoms with van der Waals surface area (Å²) in [6, 6.07) is 3.58. The van der Waals surface area contributed by atoms with E-state index >= 15 is 0 Å². The lowest BCUT2D eigenvalue weighted by atomic mass is 9.83. The first kappa shape index (κ1) is 15.6. The van der Waals surface area contributed by atoms with Gasteiger partial charge in [0.05, 0.1) is 11.3 Å². The van der Waals surface area contributed by atoms with Gasteiger partial charge in [0.2, 0.25) is 5.91 Å². The molecule has 112 valence electrons. The first-order chi connectivity index (χ1) is 10.0. The number of hydrogen-bond acceptors (Lipinski definition) is 5. The number of thioether (sulfide) groups is 1. The van der Waals surface area contributed by atoms with Crippen molar-refractivity contribution >= 4 is 17.7 Å². The smallest absolute Gasteiger partial charge is 0.251 e. The molecule has 1 amide bonds. The van der Waals surface area contributed by atoms with E-state index in [1.165, 1.54) is 24.0 Å². The standard InChI is InChI=1S/C14H18N4O2S/c1-10(21-13-16-8-5-11(19)17-13)12(20)18-14(9-15)6-3-2-4-7-14/h5,8,10H,2-4,6-7H2,1H3,(H,18,20)(H,16,17,19)/t10-/m0/s1. The highest BCUT2D eigenvalue weighted by Crippen LogP contribution is 2.28. The van der Waals surface area contributed by atoms with Gasteiger partial charge in [0, 0.05) is 12.3 Å². The number of aromatic nitrogens is 2. The third kappa shape index (κ3) is 4.08. The minimum Gasteiger partial charge on any atom is -0.337 e. The molecule has 0 unspecified atom stereocenters. The maximum atomic E-state index is 12.3. The number of nitriles is 1. The van der Waals surface area contributed by atoms with Crippen molar-refractivity contribution < 1.29 is 4.79 Å². The number of nitrogens with one attached hydrogen (secondary N) is 2. The van der Waals surface area contributed by atoms with E-state index in [2.05, 4.69) is 21.4 Å². The molecule has 7 heteroatoms. The Bertz CT molecular complexity index is 601. The number of hydrogen-bond donors (Lipinski definition) is 2. The van der Waals surface area contributed by atoms with Crippen LogP contribution in [-0.2, 0) is 4.79 Å². The molecule has 1 saturated carbocycles. The SMILES string of the molecule is C[C@H](Sc1nccc(=O)[nH]1)C(=O)NC1(C#N)CCCCC1. The average Bonchev–Trinajstić information content (AvgIpc) is 2.48. The van der Waals surface area contributed by atoms with Crippen molar-refractivity contribution in [3.05, 3.63) is 22.6 Å². The molecular formula is C14H18N4O2S. The Morgan fingerprint density at radius 1 is 1.52 bits per heavy atom. The van der Waals surface area contributed by atoms with Crippen LogP contribution in [0.5, 0.6) is 0 Å². The van der Waals surface area contributed by atoms with Crippen LogP contribution in [0.4, 0.5) is 0 Å². The second-order valence-electron chi connectivity index (χ2n) is 5.24. The summed E-state index contributed by atoms with van der Waals surface area (Å²) in [7, 11) is 0. The highest BCUT2D eigenvalue weighted by molar-refractivity contribution is 8.00. The van der Waals surface area contributed by atoms with Crippen LogP contribution in [0.25, 0.3) is 0 Å². The number of H-pyrrole nitrogens is 1. The molecule has 6 nitrogen and oxygen atoms in total. The van der Waals surface area contributed by atoms with Crippen LogP contribution in [0.1, 0.15) is 39.0 Å². The van der Waals surface area contributed by atoms with Gasteiger partial charge in [-0.1, -0.05) is 31.0 Å². The van der Waals surface area contributed by atoms with Crippen LogP contribution in [0.15, 0.2) is 22.2 Å². The van der Waals surface area contributed by atoms with Crippen LogP contribution < -0.4 is 10.9 Å². The third-order valence-electron chi connectivity index (χ3n) is 3.59. The summed E-state index contributed by atoms with van der Waals surface area (Å²) in [6.45, 7) is 1.74. The van der Waals surface area contributed by atoms with E-state index in [-0.39, 0.29) is 11.5 Å². The number of aromatic amines is 1. The summed E-state index contributed by atoms with van der Waals surface area (Å²) < 4.78 is 0. The fraction of sp³-hybridized carbons (Fsp3) is 0.571. The zero-order valence-corrected chi connectivity index (χ0v) is 12.7. The Kier molecular flexibility index (Phi) is 5.02. The van der Waals surface area contributed by atoms with Crippen molar-refractivity contribution in [3.8, 4) is 6.07 Å². The van der Waals surface area contributed by atoms with E-state index in [0.29, 0.717) is 18.0 Å². The Hall–Kier alpha value is -1.81. The van der Waals surface area contributed by atoms with Gasteiger partial charge in [-0.3, -0.25) is 9.59 Å². The first-order valence-electron chi connectivity index (χ1n) is 7.00. The van der Waals surface area contributed by atoms with Gasteiger partial charge >= 0.3 is 0 Å². The monoisotopic (exact) mass is 306 g/mol. The largest absolute Gasteiger partial charge is 0.337 e. The van der Waals surface area contributed by atoms with E-state index in [0.717, 1.165) is 19.3 Å². The van der Waals surface area contributed by atoms with Gasteiger partial charge in [0.25, 0.3) is 5.56 Å². The van der Waals surface area contributed by atoms with Crippen molar-refractivity contribution in [2.24, 2.45) is 0 Å². The van der Waals surface area contributed by atoms with Crippen LogP contribution in [0.2, 0.25) is 0 Å². The summed E-state index contributed by atoms with van der Waals surface area (Å²) in [5.74, 6) is -0.199.